The Bertz CT molecular complexity index is 1000. The molecule has 0 spiro atoms. The zero-order valence-electron chi connectivity index (χ0n) is 17.1. The maximum absolute atomic E-state index is 12.9. The van der Waals surface area contributed by atoms with E-state index in [0.29, 0.717) is 41.1 Å². The molecule has 2 aromatic carbocycles. The summed E-state index contributed by atoms with van der Waals surface area (Å²) in [7, 11) is 4.81. The van der Waals surface area contributed by atoms with Crippen LogP contribution in [0.3, 0.4) is 0 Å². The fraction of sp³-hybridized carbons (Fsp3) is 0.273. The van der Waals surface area contributed by atoms with Crippen LogP contribution in [-0.2, 0) is 4.74 Å². The van der Waals surface area contributed by atoms with Gasteiger partial charge in [0.2, 0.25) is 0 Å². The summed E-state index contributed by atoms with van der Waals surface area (Å²) in [5.41, 5.74) is 2.48. The molecule has 0 aliphatic rings. The number of benzene rings is 2. The predicted molar refractivity (Wildman–Crippen MR) is 116 cm³/mol. The van der Waals surface area contributed by atoms with Gasteiger partial charge in [0.05, 0.1) is 25.6 Å². The van der Waals surface area contributed by atoms with Gasteiger partial charge in [0.15, 0.2) is 0 Å². The maximum Gasteiger partial charge on any atom is 0.270 e. The van der Waals surface area contributed by atoms with Crippen LogP contribution in [0, 0.1) is 0 Å². The predicted octanol–water partition coefficient (Wildman–Crippen LogP) is 3.98. The van der Waals surface area contributed by atoms with Gasteiger partial charge in [0, 0.05) is 36.9 Å². The average molecular weight is 430 g/mol. The Balaban J connectivity index is 2.02. The second-order valence-corrected chi connectivity index (χ2v) is 6.91. The molecule has 0 atom stereocenters. The van der Waals surface area contributed by atoms with Crippen molar-refractivity contribution in [1.29, 1.82) is 0 Å². The van der Waals surface area contributed by atoms with Crippen molar-refractivity contribution >= 4 is 17.5 Å². The first kappa shape index (κ1) is 21.7. The Kier molecular flexibility index (Phi) is 7.32. The Morgan fingerprint density at radius 3 is 2.50 bits per heavy atom. The van der Waals surface area contributed by atoms with Crippen molar-refractivity contribution in [2.24, 2.45) is 0 Å². The van der Waals surface area contributed by atoms with Crippen LogP contribution >= 0.6 is 11.6 Å². The van der Waals surface area contributed by atoms with Gasteiger partial charge in [-0.25, -0.2) is 4.68 Å². The van der Waals surface area contributed by atoms with E-state index in [1.54, 1.807) is 50.3 Å². The summed E-state index contributed by atoms with van der Waals surface area (Å²) in [6.07, 6.45) is 0.719. The molecule has 3 rings (SSSR count). The monoisotopic (exact) mass is 429 g/mol. The molecule has 0 bridgehead atoms. The van der Waals surface area contributed by atoms with Crippen LogP contribution in [0.5, 0.6) is 11.5 Å². The van der Waals surface area contributed by atoms with Gasteiger partial charge in [-0.3, -0.25) is 4.79 Å². The molecule has 1 aromatic heterocycles. The summed E-state index contributed by atoms with van der Waals surface area (Å²) in [6, 6.07) is 14.3. The number of hydrogen-bond acceptors (Lipinski definition) is 5. The van der Waals surface area contributed by atoms with E-state index in [0.717, 1.165) is 17.7 Å². The molecule has 0 unspecified atom stereocenters. The lowest BCUT2D eigenvalue weighted by Gasteiger charge is -2.09. The summed E-state index contributed by atoms with van der Waals surface area (Å²) in [4.78, 5) is 12.9. The van der Waals surface area contributed by atoms with Crippen LogP contribution in [0.4, 0.5) is 0 Å². The van der Waals surface area contributed by atoms with E-state index >= 15 is 0 Å². The highest BCUT2D eigenvalue weighted by molar-refractivity contribution is 6.30. The topological polar surface area (TPSA) is 74.6 Å². The Morgan fingerprint density at radius 1 is 1.07 bits per heavy atom. The molecular weight excluding hydrogens is 406 g/mol. The number of aromatic nitrogens is 2. The van der Waals surface area contributed by atoms with Crippen molar-refractivity contribution in [2.75, 3.05) is 34.5 Å². The van der Waals surface area contributed by atoms with Gasteiger partial charge < -0.3 is 19.5 Å². The lowest BCUT2D eigenvalue weighted by atomic mass is 10.1. The molecule has 1 amide bonds. The molecule has 0 radical (unpaired) electrons. The van der Waals surface area contributed by atoms with E-state index in [2.05, 4.69) is 10.4 Å². The first-order valence-corrected chi connectivity index (χ1v) is 9.80. The van der Waals surface area contributed by atoms with E-state index < -0.39 is 0 Å². The van der Waals surface area contributed by atoms with Crippen LogP contribution in [-0.4, -0.2) is 50.2 Å². The zero-order valence-corrected chi connectivity index (χ0v) is 17.9. The van der Waals surface area contributed by atoms with Gasteiger partial charge in [-0.15, -0.1) is 0 Å². The zero-order chi connectivity index (χ0) is 21.5. The SMILES string of the molecule is COCCCNC(=O)c1cc(-c2ccc(OC)cc2OC)nn1-c1ccc(Cl)cc1. The van der Waals surface area contributed by atoms with Gasteiger partial charge >= 0.3 is 0 Å². The fourth-order valence-electron chi connectivity index (χ4n) is 2.97. The van der Waals surface area contributed by atoms with E-state index in [4.69, 9.17) is 25.8 Å². The largest absolute Gasteiger partial charge is 0.497 e. The molecule has 3 aromatic rings. The minimum Gasteiger partial charge on any atom is -0.497 e. The first-order valence-electron chi connectivity index (χ1n) is 9.43. The number of nitrogens with one attached hydrogen (secondary N) is 1. The summed E-state index contributed by atoms with van der Waals surface area (Å²) < 4.78 is 17.4. The average Bonchev–Trinajstić information content (AvgIpc) is 3.22. The third kappa shape index (κ3) is 4.93. The molecule has 1 N–H and O–H groups in total. The number of methoxy groups -OCH3 is 3. The molecule has 1 heterocycles. The van der Waals surface area contributed by atoms with E-state index in [1.807, 2.05) is 24.3 Å². The second-order valence-electron chi connectivity index (χ2n) is 6.47. The standard InChI is InChI=1S/C22H24ClN3O4/c1-28-12-4-11-24-22(27)20-14-19(18-10-9-17(29-2)13-21(18)30-3)25-26(20)16-7-5-15(23)6-8-16/h5-10,13-14H,4,11-12H2,1-3H3,(H,24,27). The third-order valence-electron chi connectivity index (χ3n) is 4.51. The number of nitrogens with zero attached hydrogens (tertiary/aromatic N) is 2. The highest BCUT2D eigenvalue weighted by Gasteiger charge is 2.19. The van der Waals surface area contributed by atoms with Gasteiger partial charge in [0.25, 0.3) is 5.91 Å². The Labute approximate surface area is 180 Å². The molecule has 8 heteroatoms. The maximum atomic E-state index is 12.9. The Morgan fingerprint density at radius 2 is 1.83 bits per heavy atom. The Hall–Kier alpha value is -3.03. The molecule has 30 heavy (non-hydrogen) atoms. The van der Waals surface area contributed by atoms with Crippen LogP contribution in [0.1, 0.15) is 16.9 Å². The lowest BCUT2D eigenvalue weighted by Crippen LogP contribution is -2.27. The molecule has 158 valence electrons. The molecule has 0 aliphatic carbocycles. The van der Waals surface area contributed by atoms with Crippen molar-refractivity contribution in [3.8, 4) is 28.4 Å². The smallest absolute Gasteiger partial charge is 0.270 e. The van der Waals surface area contributed by atoms with E-state index in [1.165, 1.54) is 0 Å². The van der Waals surface area contributed by atoms with Crippen molar-refractivity contribution in [3.05, 3.63) is 59.2 Å². The van der Waals surface area contributed by atoms with Gasteiger partial charge in [-0.2, -0.15) is 5.10 Å². The molecule has 0 aliphatic heterocycles. The van der Waals surface area contributed by atoms with Crippen LogP contribution in [0.2, 0.25) is 5.02 Å². The number of carbonyl (C=O) groups is 1. The number of halogens is 1. The number of ether oxygens (including phenoxy) is 3. The van der Waals surface area contributed by atoms with Crippen LogP contribution in [0.15, 0.2) is 48.5 Å². The molecular formula is C22H24ClN3O4. The molecule has 7 nitrogen and oxygen atoms in total. The normalized spacial score (nSPS) is 10.7. The van der Waals surface area contributed by atoms with Gasteiger partial charge in [-0.05, 0) is 48.9 Å². The summed E-state index contributed by atoms with van der Waals surface area (Å²) in [6.45, 7) is 1.07. The number of hydrogen-bond donors (Lipinski definition) is 1. The van der Waals surface area contributed by atoms with Crippen molar-refractivity contribution < 1.29 is 19.0 Å². The van der Waals surface area contributed by atoms with E-state index in [-0.39, 0.29) is 5.91 Å². The number of amides is 1. The third-order valence-corrected chi connectivity index (χ3v) is 4.76. The molecule has 0 saturated heterocycles. The van der Waals surface area contributed by atoms with Crippen molar-refractivity contribution in [1.82, 2.24) is 15.1 Å². The summed E-state index contributed by atoms with van der Waals surface area (Å²) >= 11 is 6.02. The first-order chi connectivity index (χ1) is 14.6. The minimum atomic E-state index is -0.229. The second kappa shape index (κ2) is 10.1. The van der Waals surface area contributed by atoms with Gasteiger partial charge in [-0.1, -0.05) is 11.6 Å². The van der Waals surface area contributed by atoms with Crippen molar-refractivity contribution in [2.45, 2.75) is 6.42 Å². The summed E-state index contributed by atoms with van der Waals surface area (Å²) in [5, 5.41) is 8.19. The van der Waals surface area contributed by atoms with Crippen LogP contribution < -0.4 is 14.8 Å². The van der Waals surface area contributed by atoms with Gasteiger partial charge in [0.1, 0.15) is 17.2 Å². The number of rotatable bonds is 9. The highest BCUT2D eigenvalue weighted by Crippen LogP contribution is 2.33. The molecule has 0 saturated carbocycles. The fourth-order valence-corrected chi connectivity index (χ4v) is 3.10. The van der Waals surface area contributed by atoms with Crippen molar-refractivity contribution in [3.63, 3.8) is 0 Å². The van der Waals surface area contributed by atoms with Crippen LogP contribution in [0.25, 0.3) is 16.9 Å². The quantitative estimate of drug-likeness (QED) is 0.521. The lowest BCUT2D eigenvalue weighted by molar-refractivity contribution is 0.0941. The highest BCUT2D eigenvalue weighted by atomic mass is 35.5. The minimum absolute atomic E-state index is 0.229. The number of carbonyl (C=O) groups excluding carboxylic acids is 1. The summed E-state index contributed by atoms with van der Waals surface area (Å²) in [5.74, 6) is 1.04. The van der Waals surface area contributed by atoms with E-state index in [9.17, 15) is 4.79 Å². The molecule has 0 fully saturated rings.